The summed E-state index contributed by atoms with van der Waals surface area (Å²) in [6, 6.07) is 8.11. The molecule has 0 spiro atoms. The Balaban J connectivity index is 1.40. The molecule has 32 heavy (non-hydrogen) atoms. The van der Waals surface area contributed by atoms with Gasteiger partial charge in [0.1, 0.15) is 0 Å². The lowest BCUT2D eigenvalue weighted by molar-refractivity contribution is -0.137. The number of nitrogens with zero attached hydrogens (tertiary/aromatic N) is 3. The molecule has 0 bridgehead atoms. The molecule has 0 saturated carbocycles. The number of ketones is 1. The molecule has 0 aliphatic heterocycles. The highest BCUT2D eigenvalue weighted by atomic mass is 32.1. The van der Waals surface area contributed by atoms with E-state index in [0.29, 0.717) is 17.5 Å². The standard InChI is InChI=1S/C23H18F3N3OS2/c1-13-22(32-14(2)28-13)19-12-31-21(29-19)10-18-8-5-16(11-27-18)20(30)9-15-3-6-17(7-4-15)23(24,25)26/h3-8,11-12H,9-10H2,1-2H3. The Kier molecular flexibility index (Phi) is 6.21. The maximum absolute atomic E-state index is 12.7. The lowest BCUT2D eigenvalue weighted by Gasteiger charge is -2.07. The molecule has 3 heterocycles. The second-order valence-corrected chi connectivity index (χ2v) is 9.43. The van der Waals surface area contributed by atoms with E-state index in [1.807, 2.05) is 19.2 Å². The van der Waals surface area contributed by atoms with Gasteiger partial charge in [-0.25, -0.2) is 9.97 Å². The Morgan fingerprint density at radius 1 is 1.03 bits per heavy atom. The minimum absolute atomic E-state index is 0.0165. The largest absolute Gasteiger partial charge is 0.416 e. The topological polar surface area (TPSA) is 55.7 Å². The van der Waals surface area contributed by atoms with Crippen molar-refractivity contribution < 1.29 is 18.0 Å². The molecule has 164 valence electrons. The number of carbonyl (C=O) groups is 1. The first-order chi connectivity index (χ1) is 15.2. The molecule has 0 unspecified atom stereocenters. The summed E-state index contributed by atoms with van der Waals surface area (Å²) in [5.41, 5.74) is 2.88. The number of pyridine rings is 1. The van der Waals surface area contributed by atoms with Crippen LogP contribution in [0.4, 0.5) is 13.2 Å². The Morgan fingerprint density at radius 2 is 1.78 bits per heavy atom. The third kappa shape index (κ3) is 5.11. The van der Waals surface area contributed by atoms with Gasteiger partial charge in [0.2, 0.25) is 0 Å². The Labute approximate surface area is 190 Å². The molecule has 0 amide bonds. The molecule has 9 heteroatoms. The van der Waals surface area contributed by atoms with E-state index in [0.717, 1.165) is 44.1 Å². The molecule has 4 rings (SSSR count). The number of thiazole rings is 2. The van der Waals surface area contributed by atoms with Crippen molar-refractivity contribution in [3.63, 3.8) is 0 Å². The van der Waals surface area contributed by atoms with Crippen molar-refractivity contribution in [3.05, 3.63) is 86.1 Å². The van der Waals surface area contributed by atoms with Crippen molar-refractivity contribution in [3.8, 4) is 10.6 Å². The van der Waals surface area contributed by atoms with Gasteiger partial charge in [-0.15, -0.1) is 22.7 Å². The molecule has 0 radical (unpaired) electrons. The summed E-state index contributed by atoms with van der Waals surface area (Å²) >= 11 is 3.17. The van der Waals surface area contributed by atoms with E-state index >= 15 is 0 Å². The van der Waals surface area contributed by atoms with Gasteiger partial charge in [0.05, 0.1) is 31.8 Å². The van der Waals surface area contributed by atoms with Gasteiger partial charge in [-0.1, -0.05) is 12.1 Å². The van der Waals surface area contributed by atoms with Crippen LogP contribution in [0.25, 0.3) is 10.6 Å². The van der Waals surface area contributed by atoms with Gasteiger partial charge in [-0.05, 0) is 43.7 Å². The first-order valence-corrected chi connectivity index (χ1v) is 11.4. The summed E-state index contributed by atoms with van der Waals surface area (Å²) in [6.07, 6.45) is -2.32. The smallest absolute Gasteiger partial charge is 0.294 e. The van der Waals surface area contributed by atoms with Crippen molar-refractivity contribution >= 4 is 28.5 Å². The molecular formula is C23H18F3N3OS2. The van der Waals surface area contributed by atoms with E-state index in [2.05, 4.69) is 15.0 Å². The van der Waals surface area contributed by atoms with Gasteiger partial charge >= 0.3 is 6.18 Å². The highest BCUT2D eigenvalue weighted by molar-refractivity contribution is 7.16. The monoisotopic (exact) mass is 473 g/mol. The molecule has 3 aromatic heterocycles. The molecular weight excluding hydrogens is 455 g/mol. The normalized spacial score (nSPS) is 11.7. The summed E-state index contributed by atoms with van der Waals surface area (Å²) < 4.78 is 38.0. The van der Waals surface area contributed by atoms with Crippen LogP contribution in [-0.2, 0) is 19.0 Å². The Hall–Kier alpha value is -2.91. The zero-order chi connectivity index (χ0) is 22.9. The van der Waals surface area contributed by atoms with Gasteiger partial charge in [0, 0.05) is 35.7 Å². The number of Topliss-reactive ketones (excluding diaryl/α,β-unsaturated/α-hetero) is 1. The second-order valence-electron chi connectivity index (χ2n) is 7.28. The fourth-order valence-electron chi connectivity index (χ4n) is 3.21. The minimum atomic E-state index is -4.39. The summed E-state index contributed by atoms with van der Waals surface area (Å²) in [4.78, 5) is 27.1. The Morgan fingerprint density at radius 3 is 2.38 bits per heavy atom. The average Bonchev–Trinajstić information content (AvgIpc) is 3.33. The molecule has 0 aliphatic carbocycles. The molecule has 0 fully saturated rings. The zero-order valence-corrected chi connectivity index (χ0v) is 18.9. The average molecular weight is 474 g/mol. The number of halogens is 3. The van der Waals surface area contributed by atoms with E-state index < -0.39 is 11.7 Å². The number of benzene rings is 1. The third-order valence-electron chi connectivity index (χ3n) is 4.81. The zero-order valence-electron chi connectivity index (χ0n) is 17.2. The summed E-state index contributed by atoms with van der Waals surface area (Å²) in [7, 11) is 0. The van der Waals surface area contributed by atoms with E-state index in [4.69, 9.17) is 0 Å². The van der Waals surface area contributed by atoms with Crippen molar-refractivity contribution in [2.45, 2.75) is 32.9 Å². The van der Waals surface area contributed by atoms with Gasteiger partial charge in [-0.3, -0.25) is 9.78 Å². The molecule has 4 aromatic rings. The van der Waals surface area contributed by atoms with Crippen molar-refractivity contribution in [1.29, 1.82) is 0 Å². The van der Waals surface area contributed by atoms with Crippen LogP contribution in [0.5, 0.6) is 0 Å². The lowest BCUT2D eigenvalue weighted by Crippen LogP contribution is -2.07. The van der Waals surface area contributed by atoms with Gasteiger partial charge in [-0.2, -0.15) is 13.2 Å². The number of hydrogen-bond donors (Lipinski definition) is 0. The van der Waals surface area contributed by atoms with Crippen LogP contribution in [0.1, 0.15) is 42.9 Å². The second kappa shape index (κ2) is 8.91. The van der Waals surface area contributed by atoms with Crippen molar-refractivity contribution in [2.75, 3.05) is 0 Å². The van der Waals surface area contributed by atoms with Crippen molar-refractivity contribution in [1.82, 2.24) is 15.0 Å². The quantitative estimate of drug-likeness (QED) is 0.308. The van der Waals surface area contributed by atoms with Crippen molar-refractivity contribution in [2.24, 2.45) is 0 Å². The summed E-state index contributed by atoms with van der Waals surface area (Å²) in [5.74, 6) is -0.198. The molecule has 0 atom stereocenters. The highest BCUT2D eigenvalue weighted by Gasteiger charge is 2.30. The van der Waals surface area contributed by atoms with Gasteiger partial charge in [0.15, 0.2) is 5.78 Å². The molecule has 1 aromatic carbocycles. The van der Waals surface area contributed by atoms with Crippen LogP contribution in [0.3, 0.4) is 0 Å². The number of alkyl halides is 3. The fourth-order valence-corrected chi connectivity index (χ4v) is 4.97. The maximum Gasteiger partial charge on any atom is 0.416 e. The van der Waals surface area contributed by atoms with Crippen LogP contribution >= 0.6 is 22.7 Å². The number of aromatic nitrogens is 3. The van der Waals surface area contributed by atoms with E-state index in [-0.39, 0.29) is 12.2 Å². The highest BCUT2D eigenvalue weighted by Crippen LogP contribution is 2.31. The molecule has 0 N–H and O–H groups in total. The van der Waals surface area contributed by atoms with Crippen LogP contribution in [0, 0.1) is 13.8 Å². The summed E-state index contributed by atoms with van der Waals surface area (Å²) in [6.45, 7) is 3.94. The SMILES string of the molecule is Cc1nc(C)c(-c2csc(Cc3ccc(C(=O)Cc4ccc(C(F)(F)F)cc4)cn3)n2)s1. The molecule has 0 saturated heterocycles. The number of hydrogen-bond acceptors (Lipinski definition) is 6. The van der Waals surface area contributed by atoms with E-state index in [1.54, 1.807) is 34.8 Å². The molecule has 0 aliphatic rings. The molecule has 4 nitrogen and oxygen atoms in total. The predicted octanol–water partition coefficient (Wildman–Crippen LogP) is 6.31. The van der Waals surface area contributed by atoms with Crippen LogP contribution in [0.15, 0.2) is 48.0 Å². The van der Waals surface area contributed by atoms with Crippen LogP contribution in [0.2, 0.25) is 0 Å². The van der Waals surface area contributed by atoms with Crippen LogP contribution in [-0.4, -0.2) is 20.7 Å². The van der Waals surface area contributed by atoms with E-state index in [9.17, 15) is 18.0 Å². The Bertz CT molecular complexity index is 1240. The minimum Gasteiger partial charge on any atom is -0.294 e. The number of rotatable bonds is 6. The summed E-state index contributed by atoms with van der Waals surface area (Å²) in [5, 5.41) is 3.93. The fraction of sp³-hybridized carbons (Fsp3) is 0.217. The van der Waals surface area contributed by atoms with E-state index in [1.165, 1.54) is 18.3 Å². The lowest BCUT2D eigenvalue weighted by atomic mass is 10.0. The first kappa shape index (κ1) is 22.3. The number of carbonyl (C=O) groups excluding carboxylic acids is 1. The first-order valence-electron chi connectivity index (χ1n) is 9.72. The number of aryl methyl sites for hydroxylation is 2. The van der Waals surface area contributed by atoms with Gasteiger partial charge < -0.3 is 0 Å². The predicted molar refractivity (Wildman–Crippen MR) is 119 cm³/mol. The van der Waals surface area contributed by atoms with Gasteiger partial charge in [0.25, 0.3) is 0 Å². The van der Waals surface area contributed by atoms with Crippen LogP contribution < -0.4 is 0 Å². The maximum atomic E-state index is 12.7. The third-order valence-corrected chi connectivity index (χ3v) is 6.76.